The van der Waals surface area contributed by atoms with E-state index in [1.54, 1.807) is 28.9 Å². The van der Waals surface area contributed by atoms with E-state index in [2.05, 4.69) is 26.2 Å². The third-order valence-electron chi connectivity index (χ3n) is 5.37. The number of nitrogens with zero attached hydrogens (tertiary/aromatic N) is 4. The van der Waals surface area contributed by atoms with Crippen molar-refractivity contribution in [1.29, 1.82) is 0 Å². The van der Waals surface area contributed by atoms with Gasteiger partial charge in [-0.1, -0.05) is 36.7 Å². The Bertz CT molecular complexity index is 877. The topological polar surface area (TPSA) is 111 Å². The number of carbonyl (C=O) groups is 2. The molecule has 1 aliphatic carbocycles. The average molecular weight is 431 g/mol. The van der Waals surface area contributed by atoms with Crippen LogP contribution in [0.5, 0.6) is 0 Å². The molecule has 30 heavy (non-hydrogen) atoms. The van der Waals surface area contributed by atoms with Crippen LogP contribution < -0.4 is 10.6 Å². The van der Waals surface area contributed by atoms with Gasteiger partial charge in [0.2, 0.25) is 11.1 Å². The molecule has 10 heteroatoms. The van der Waals surface area contributed by atoms with Gasteiger partial charge < -0.3 is 15.4 Å². The molecule has 2 amide bonds. The monoisotopic (exact) mass is 430 g/mol. The van der Waals surface area contributed by atoms with Crippen LogP contribution >= 0.6 is 11.8 Å². The molecule has 160 valence electrons. The van der Waals surface area contributed by atoms with Gasteiger partial charge in [0.15, 0.2) is 0 Å². The molecule has 1 aliphatic heterocycles. The first-order chi connectivity index (χ1) is 14.7. The molecule has 0 spiro atoms. The van der Waals surface area contributed by atoms with Crippen molar-refractivity contribution in [3.8, 4) is 0 Å². The van der Waals surface area contributed by atoms with Crippen LogP contribution in [0.1, 0.15) is 48.9 Å². The normalized spacial score (nSPS) is 19.1. The van der Waals surface area contributed by atoms with Gasteiger partial charge in [-0.15, -0.1) is 5.10 Å². The minimum absolute atomic E-state index is 0.118. The Kier molecular flexibility index (Phi) is 6.96. The summed E-state index contributed by atoms with van der Waals surface area (Å²) >= 11 is 1.26. The molecule has 0 unspecified atom stereocenters. The number of amides is 2. The van der Waals surface area contributed by atoms with Crippen LogP contribution in [0.15, 0.2) is 29.4 Å². The Morgan fingerprint density at radius 3 is 2.80 bits per heavy atom. The first-order valence-corrected chi connectivity index (χ1v) is 11.4. The lowest BCUT2D eigenvalue weighted by Crippen LogP contribution is -2.33. The largest absolute Gasteiger partial charge is 0.376 e. The standard InChI is InChI=1S/C20H26N6O3S/c27-18(13-30-20-23-24-25-26(20)12-15-8-5-11-29-15)22-17-10-4-3-9-16(17)19(28)21-14-6-1-2-7-14/h3-4,9-10,14-15H,1-2,5-8,11-13H2,(H,21,28)(H,22,27)/t15-/m1/s1. The maximum atomic E-state index is 12.6. The molecule has 2 heterocycles. The molecule has 1 aromatic carbocycles. The highest BCUT2D eigenvalue weighted by Crippen LogP contribution is 2.22. The van der Waals surface area contributed by atoms with Gasteiger partial charge in [0, 0.05) is 12.6 Å². The fraction of sp³-hybridized carbons (Fsp3) is 0.550. The zero-order valence-electron chi connectivity index (χ0n) is 16.7. The number of para-hydroxylation sites is 1. The van der Waals surface area contributed by atoms with Gasteiger partial charge in [-0.2, -0.15) is 0 Å². The maximum absolute atomic E-state index is 12.6. The highest BCUT2D eigenvalue weighted by molar-refractivity contribution is 7.99. The Morgan fingerprint density at radius 1 is 1.17 bits per heavy atom. The van der Waals surface area contributed by atoms with Crippen LogP contribution in [0.4, 0.5) is 5.69 Å². The number of benzene rings is 1. The maximum Gasteiger partial charge on any atom is 0.253 e. The lowest BCUT2D eigenvalue weighted by Gasteiger charge is -2.15. The fourth-order valence-electron chi connectivity index (χ4n) is 3.84. The molecule has 1 saturated heterocycles. The lowest BCUT2D eigenvalue weighted by molar-refractivity contribution is -0.113. The van der Waals surface area contributed by atoms with Crippen molar-refractivity contribution in [3.05, 3.63) is 29.8 Å². The second-order valence-corrected chi connectivity index (χ2v) is 8.56. The van der Waals surface area contributed by atoms with Crippen molar-refractivity contribution < 1.29 is 14.3 Å². The van der Waals surface area contributed by atoms with E-state index in [1.165, 1.54) is 11.8 Å². The zero-order valence-corrected chi connectivity index (χ0v) is 17.6. The number of tetrazole rings is 1. The van der Waals surface area contributed by atoms with Crippen LogP contribution in [0.3, 0.4) is 0 Å². The van der Waals surface area contributed by atoms with Crippen molar-refractivity contribution in [2.24, 2.45) is 0 Å². The summed E-state index contributed by atoms with van der Waals surface area (Å²) in [6, 6.07) is 7.30. The van der Waals surface area contributed by atoms with Crippen molar-refractivity contribution >= 4 is 29.3 Å². The fourth-order valence-corrected chi connectivity index (χ4v) is 4.52. The summed E-state index contributed by atoms with van der Waals surface area (Å²) in [5, 5.41) is 18.2. The third kappa shape index (κ3) is 5.37. The second-order valence-electron chi connectivity index (χ2n) is 7.62. The predicted molar refractivity (Wildman–Crippen MR) is 112 cm³/mol. The van der Waals surface area contributed by atoms with E-state index in [-0.39, 0.29) is 29.7 Å². The van der Waals surface area contributed by atoms with Crippen LogP contribution in [0.25, 0.3) is 0 Å². The molecule has 1 atom stereocenters. The van der Waals surface area contributed by atoms with E-state index in [0.29, 0.717) is 23.0 Å². The zero-order chi connectivity index (χ0) is 20.8. The summed E-state index contributed by atoms with van der Waals surface area (Å²) in [7, 11) is 0. The first kappa shape index (κ1) is 20.8. The summed E-state index contributed by atoms with van der Waals surface area (Å²) in [6.45, 7) is 1.35. The molecule has 2 fully saturated rings. The molecule has 0 radical (unpaired) electrons. The summed E-state index contributed by atoms with van der Waals surface area (Å²) in [4.78, 5) is 25.2. The highest BCUT2D eigenvalue weighted by Gasteiger charge is 2.21. The number of rotatable bonds is 8. The molecular formula is C20H26N6O3S. The summed E-state index contributed by atoms with van der Waals surface area (Å²) in [6.07, 6.45) is 6.47. The van der Waals surface area contributed by atoms with E-state index < -0.39 is 0 Å². The van der Waals surface area contributed by atoms with Crippen LogP contribution in [-0.2, 0) is 16.1 Å². The minimum Gasteiger partial charge on any atom is -0.376 e. The molecular weight excluding hydrogens is 404 g/mol. The van der Waals surface area contributed by atoms with Crippen LogP contribution in [0.2, 0.25) is 0 Å². The summed E-state index contributed by atoms with van der Waals surface area (Å²) < 4.78 is 7.30. The Morgan fingerprint density at radius 2 is 2.00 bits per heavy atom. The lowest BCUT2D eigenvalue weighted by atomic mass is 10.1. The number of hydrogen-bond donors (Lipinski definition) is 2. The van der Waals surface area contributed by atoms with Crippen molar-refractivity contribution in [2.45, 2.75) is 62.4 Å². The molecule has 9 nitrogen and oxygen atoms in total. The van der Waals surface area contributed by atoms with E-state index in [1.807, 2.05) is 0 Å². The smallest absolute Gasteiger partial charge is 0.253 e. The van der Waals surface area contributed by atoms with Crippen LogP contribution in [0, 0.1) is 0 Å². The van der Waals surface area contributed by atoms with Gasteiger partial charge in [-0.3, -0.25) is 9.59 Å². The average Bonchev–Trinajstić information content (AvgIpc) is 3.51. The first-order valence-electron chi connectivity index (χ1n) is 10.4. The molecule has 4 rings (SSSR count). The number of hydrogen-bond acceptors (Lipinski definition) is 7. The Balaban J connectivity index is 1.32. The SMILES string of the molecule is O=C(CSc1nnnn1C[C@H]1CCCO1)Nc1ccccc1C(=O)NC1CCCC1. The van der Waals surface area contributed by atoms with Gasteiger partial charge in [0.05, 0.1) is 29.7 Å². The second kappa shape index (κ2) is 10.0. The number of anilines is 1. The highest BCUT2D eigenvalue weighted by atomic mass is 32.2. The van der Waals surface area contributed by atoms with E-state index in [9.17, 15) is 9.59 Å². The quantitative estimate of drug-likeness (QED) is 0.618. The molecule has 0 bridgehead atoms. The summed E-state index contributed by atoms with van der Waals surface area (Å²) in [5.74, 6) is -0.219. The van der Waals surface area contributed by atoms with Gasteiger partial charge >= 0.3 is 0 Å². The predicted octanol–water partition coefficient (Wildman–Crippen LogP) is 2.26. The number of ether oxygens (including phenoxy) is 1. The van der Waals surface area contributed by atoms with Gasteiger partial charge in [0.25, 0.3) is 5.91 Å². The van der Waals surface area contributed by atoms with Crippen molar-refractivity contribution in [1.82, 2.24) is 25.5 Å². The van der Waals surface area contributed by atoms with E-state index in [4.69, 9.17) is 4.74 Å². The summed E-state index contributed by atoms with van der Waals surface area (Å²) in [5.41, 5.74) is 0.989. The molecule has 2 aliphatic rings. The third-order valence-corrected chi connectivity index (χ3v) is 6.33. The van der Waals surface area contributed by atoms with Crippen LogP contribution in [-0.4, -0.2) is 56.5 Å². The van der Waals surface area contributed by atoms with Gasteiger partial charge in [-0.05, 0) is 48.2 Å². The van der Waals surface area contributed by atoms with Gasteiger partial charge in [0.1, 0.15) is 0 Å². The minimum atomic E-state index is -0.215. The number of aromatic nitrogens is 4. The van der Waals surface area contributed by atoms with E-state index >= 15 is 0 Å². The Hall–Kier alpha value is -2.46. The molecule has 2 aromatic rings. The number of carbonyl (C=O) groups excluding carboxylic acids is 2. The van der Waals surface area contributed by atoms with E-state index in [0.717, 1.165) is 45.1 Å². The molecule has 1 saturated carbocycles. The van der Waals surface area contributed by atoms with Crippen molar-refractivity contribution in [2.75, 3.05) is 17.7 Å². The van der Waals surface area contributed by atoms with Crippen molar-refractivity contribution in [3.63, 3.8) is 0 Å². The molecule has 2 N–H and O–H groups in total. The number of nitrogens with one attached hydrogen (secondary N) is 2. The van der Waals surface area contributed by atoms with Gasteiger partial charge in [-0.25, -0.2) is 4.68 Å². The Labute approximate surface area is 179 Å². The number of thioether (sulfide) groups is 1. The molecule has 1 aromatic heterocycles.